The van der Waals surface area contributed by atoms with Gasteiger partial charge >= 0.3 is 0 Å². The molecule has 3 rings (SSSR count). The first-order chi connectivity index (χ1) is 14.1. The van der Waals surface area contributed by atoms with Crippen molar-refractivity contribution in [2.24, 2.45) is 0 Å². The van der Waals surface area contributed by atoms with E-state index < -0.39 is 0 Å². The molecule has 0 atom stereocenters. The van der Waals surface area contributed by atoms with Crippen LogP contribution >= 0.6 is 0 Å². The fourth-order valence-electron chi connectivity index (χ4n) is 3.59. The van der Waals surface area contributed by atoms with Crippen molar-refractivity contribution in [1.82, 2.24) is 5.32 Å². The van der Waals surface area contributed by atoms with Crippen molar-refractivity contribution in [3.8, 4) is 0 Å². The first-order valence-corrected chi connectivity index (χ1v) is 10.2. The number of hydrogen-bond donors (Lipinski definition) is 2. The van der Waals surface area contributed by atoms with Gasteiger partial charge in [-0.25, -0.2) is 0 Å². The minimum absolute atomic E-state index is 0.137. The molecule has 1 heterocycles. The van der Waals surface area contributed by atoms with Crippen LogP contribution in [0.15, 0.2) is 42.5 Å². The molecular weight excluding hydrogens is 366 g/mol. The first kappa shape index (κ1) is 20.9. The Morgan fingerprint density at radius 1 is 1.14 bits per heavy atom. The number of nitrogens with zero attached hydrogens (tertiary/aromatic N) is 1. The average Bonchev–Trinajstić information content (AvgIpc) is 2.72. The number of carbonyl (C=O) groups is 2. The molecule has 2 N–H and O–H groups in total. The maximum absolute atomic E-state index is 12.9. The second-order valence-electron chi connectivity index (χ2n) is 7.16. The zero-order valence-electron chi connectivity index (χ0n) is 17.2. The molecule has 29 heavy (non-hydrogen) atoms. The van der Waals surface area contributed by atoms with Crippen LogP contribution in [-0.4, -0.2) is 38.1 Å². The minimum atomic E-state index is -0.160. The highest BCUT2D eigenvalue weighted by atomic mass is 16.5. The summed E-state index contributed by atoms with van der Waals surface area (Å²) in [5.74, 6) is -0.296. The maximum Gasteiger partial charge on any atom is 0.253 e. The number of benzene rings is 2. The minimum Gasteiger partial charge on any atom is -0.382 e. The standard InChI is InChI=1S/C23H29N3O3/c1-3-29-14-6-12-24-23(28)21-15-20(25-17(2)27)9-10-22(21)26-13-11-18-7-4-5-8-19(18)16-26/h4-5,7-10,15H,3,6,11-14,16H2,1-2H3,(H,24,28)(H,25,27). The summed E-state index contributed by atoms with van der Waals surface area (Å²) in [6.45, 7) is 6.87. The normalized spacial score (nSPS) is 13.0. The SMILES string of the molecule is CCOCCCNC(=O)c1cc(NC(C)=O)ccc1N1CCc2ccccc2C1. The second-order valence-corrected chi connectivity index (χ2v) is 7.16. The number of ether oxygens (including phenoxy) is 1. The van der Waals surface area contributed by atoms with Gasteiger partial charge in [-0.1, -0.05) is 24.3 Å². The molecule has 0 saturated carbocycles. The van der Waals surface area contributed by atoms with E-state index in [0.29, 0.717) is 31.0 Å². The van der Waals surface area contributed by atoms with Gasteiger partial charge in [0.25, 0.3) is 5.91 Å². The van der Waals surface area contributed by atoms with Crippen molar-refractivity contribution in [2.45, 2.75) is 33.2 Å². The van der Waals surface area contributed by atoms with Crippen LogP contribution in [0.2, 0.25) is 0 Å². The zero-order valence-corrected chi connectivity index (χ0v) is 17.2. The molecule has 154 valence electrons. The van der Waals surface area contributed by atoms with Gasteiger partial charge in [0.2, 0.25) is 5.91 Å². The molecule has 0 fully saturated rings. The highest BCUT2D eigenvalue weighted by molar-refractivity contribution is 6.02. The molecule has 0 unspecified atom stereocenters. The van der Waals surface area contributed by atoms with Crippen molar-refractivity contribution < 1.29 is 14.3 Å². The molecule has 1 aliphatic rings. The van der Waals surface area contributed by atoms with E-state index in [2.05, 4.69) is 33.7 Å². The molecule has 0 spiro atoms. The molecule has 2 aromatic rings. The Morgan fingerprint density at radius 2 is 1.93 bits per heavy atom. The van der Waals surface area contributed by atoms with Gasteiger partial charge in [0.1, 0.15) is 0 Å². The Bertz CT molecular complexity index is 866. The summed E-state index contributed by atoms with van der Waals surface area (Å²) in [7, 11) is 0. The summed E-state index contributed by atoms with van der Waals surface area (Å²) >= 11 is 0. The predicted molar refractivity (Wildman–Crippen MR) is 115 cm³/mol. The van der Waals surface area contributed by atoms with Crippen LogP contribution in [0.25, 0.3) is 0 Å². The Kier molecular flexibility index (Phi) is 7.25. The van der Waals surface area contributed by atoms with Crippen LogP contribution in [0.4, 0.5) is 11.4 Å². The van der Waals surface area contributed by atoms with Gasteiger partial charge < -0.3 is 20.3 Å². The number of rotatable bonds is 8. The van der Waals surface area contributed by atoms with Gasteiger partial charge in [0.15, 0.2) is 0 Å². The van der Waals surface area contributed by atoms with E-state index in [9.17, 15) is 9.59 Å². The molecular formula is C23H29N3O3. The summed E-state index contributed by atoms with van der Waals surface area (Å²) in [4.78, 5) is 26.6. The highest BCUT2D eigenvalue weighted by Crippen LogP contribution is 2.29. The van der Waals surface area contributed by atoms with Gasteiger partial charge in [-0.05, 0) is 49.1 Å². The lowest BCUT2D eigenvalue weighted by Crippen LogP contribution is -2.33. The van der Waals surface area contributed by atoms with E-state index in [-0.39, 0.29) is 11.8 Å². The fraction of sp³-hybridized carbons (Fsp3) is 0.391. The summed E-state index contributed by atoms with van der Waals surface area (Å²) in [5.41, 5.74) is 4.73. The van der Waals surface area contributed by atoms with Crippen molar-refractivity contribution in [2.75, 3.05) is 36.5 Å². The van der Waals surface area contributed by atoms with Gasteiger partial charge in [0, 0.05) is 51.1 Å². The van der Waals surface area contributed by atoms with Crippen LogP contribution in [-0.2, 0) is 22.5 Å². The lowest BCUT2D eigenvalue weighted by molar-refractivity contribution is -0.114. The molecule has 6 nitrogen and oxygen atoms in total. The molecule has 0 saturated heterocycles. The number of nitrogens with one attached hydrogen (secondary N) is 2. The lowest BCUT2D eigenvalue weighted by atomic mass is 9.98. The third kappa shape index (κ3) is 5.57. The van der Waals surface area contributed by atoms with Crippen LogP contribution in [0, 0.1) is 0 Å². The summed E-state index contributed by atoms with van der Waals surface area (Å²) in [6.07, 6.45) is 1.70. The van der Waals surface area contributed by atoms with Crippen LogP contribution < -0.4 is 15.5 Å². The molecule has 0 aromatic heterocycles. The average molecular weight is 396 g/mol. The Hall–Kier alpha value is -2.86. The van der Waals surface area contributed by atoms with Gasteiger partial charge in [-0.3, -0.25) is 9.59 Å². The molecule has 6 heteroatoms. The maximum atomic E-state index is 12.9. The van der Waals surface area contributed by atoms with E-state index in [4.69, 9.17) is 4.74 Å². The van der Waals surface area contributed by atoms with E-state index in [1.165, 1.54) is 18.1 Å². The second kappa shape index (κ2) is 10.1. The Balaban J connectivity index is 1.80. The smallest absolute Gasteiger partial charge is 0.253 e. The lowest BCUT2D eigenvalue weighted by Gasteiger charge is -2.32. The van der Waals surface area contributed by atoms with Gasteiger partial charge in [-0.15, -0.1) is 0 Å². The quantitative estimate of drug-likeness (QED) is 0.673. The third-order valence-electron chi connectivity index (χ3n) is 4.99. The largest absolute Gasteiger partial charge is 0.382 e. The number of anilines is 2. The number of carbonyl (C=O) groups excluding carboxylic acids is 2. The Morgan fingerprint density at radius 3 is 2.69 bits per heavy atom. The molecule has 0 aliphatic carbocycles. The molecule has 0 bridgehead atoms. The molecule has 2 amide bonds. The molecule has 1 aliphatic heterocycles. The van der Waals surface area contributed by atoms with E-state index in [0.717, 1.165) is 31.6 Å². The van der Waals surface area contributed by atoms with Crippen molar-refractivity contribution in [3.63, 3.8) is 0 Å². The molecule has 2 aromatic carbocycles. The van der Waals surface area contributed by atoms with E-state index in [1.54, 1.807) is 6.07 Å². The third-order valence-corrected chi connectivity index (χ3v) is 4.99. The first-order valence-electron chi connectivity index (χ1n) is 10.2. The van der Waals surface area contributed by atoms with Gasteiger partial charge in [0.05, 0.1) is 5.56 Å². The highest BCUT2D eigenvalue weighted by Gasteiger charge is 2.21. The topological polar surface area (TPSA) is 70.7 Å². The summed E-state index contributed by atoms with van der Waals surface area (Å²) < 4.78 is 5.33. The van der Waals surface area contributed by atoms with Crippen LogP contribution in [0.5, 0.6) is 0 Å². The van der Waals surface area contributed by atoms with E-state index in [1.807, 2.05) is 25.1 Å². The van der Waals surface area contributed by atoms with Crippen molar-refractivity contribution in [3.05, 3.63) is 59.2 Å². The zero-order chi connectivity index (χ0) is 20.6. The summed E-state index contributed by atoms with van der Waals surface area (Å²) in [6, 6.07) is 14.0. The predicted octanol–water partition coefficient (Wildman–Crippen LogP) is 3.36. The monoisotopic (exact) mass is 395 g/mol. The number of hydrogen-bond acceptors (Lipinski definition) is 4. The fourth-order valence-corrected chi connectivity index (χ4v) is 3.59. The van der Waals surface area contributed by atoms with Crippen LogP contribution in [0.3, 0.4) is 0 Å². The van der Waals surface area contributed by atoms with Crippen molar-refractivity contribution in [1.29, 1.82) is 0 Å². The summed E-state index contributed by atoms with van der Waals surface area (Å²) in [5, 5.41) is 5.75. The van der Waals surface area contributed by atoms with Crippen LogP contribution in [0.1, 0.15) is 41.8 Å². The number of fused-ring (bicyclic) bond motifs is 1. The van der Waals surface area contributed by atoms with Crippen molar-refractivity contribution >= 4 is 23.2 Å². The van der Waals surface area contributed by atoms with E-state index >= 15 is 0 Å². The molecule has 0 radical (unpaired) electrons. The van der Waals surface area contributed by atoms with Gasteiger partial charge in [-0.2, -0.15) is 0 Å². The number of amides is 2. The Labute approximate surface area is 172 Å².